The van der Waals surface area contributed by atoms with Gasteiger partial charge in [-0.3, -0.25) is 9.55 Å². The molecular weight excluding hydrogens is 274 g/mol. The van der Waals surface area contributed by atoms with Crippen molar-refractivity contribution in [2.24, 2.45) is 7.05 Å². The molecule has 1 N–H and O–H groups in total. The van der Waals surface area contributed by atoms with Crippen LogP contribution in [0.4, 0.5) is 0 Å². The molecule has 2 aromatic heterocycles. The molecule has 0 radical (unpaired) electrons. The molecule has 2 heterocycles. The van der Waals surface area contributed by atoms with Gasteiger partial charge in [0.2, 0.25) is 0 Å². The monoisotopic (exact) mass is 289 g/mol. The molecule has 4 aromatic rings. The maximum absolute atomic E-state index is 11.8. The van der Waals surface area contributed by atoms with E-state index in [0.29, 0.717) is 0 Å². The van der Waals surface area contributed by atoms with Gasteiger partial charge >= 0.3 is 5.69 Å². The third-order valence-corrected chi connectivity index (χ3v) is 4.19. The number of fused-ring (bicyclic) bond motifs is 2. The average molecular weight is 289 g/mol. The quantitative estimate of drug-likeness (QED) is 0.584. The van der Waals surface area contributed by atoms with Gasteiger partial charge in [0, 0.05) is 18.6 Å². The van der Waals surface area contributed by atoms with Crippen molar-refractivity contribution < 1.29 is 0 Å². The van der Waals surface area contributed by atoms with E-state index in [1.165, 1.54) is 11.1 Å². The minimum absolute atomic E-state index is 0.0940. The van der Waals surface area contributed by atoms with Crippen LogP contribution in [-0.4, -0.2) is 14.5 Å². The number of aromatic nitrogens is 3. The summed E-state index contributed by atoms with van der Waals surface area (Å²) in [6.07, 6.45) is 1.81. The van der Waals surface area contributed by atoms with Gasteiger partial charge in [0.15, 0.2) is 0 Å². The van der Waals surface area contributed by atoms with Gasteiger partial charge in [-0.05, 0) is 47.9 Å². The predicted molar refractivity (Wildman–Crippen MR) is 89.0 cm³/mol. The predicted octanol–water partition coefficient (Wildman–Crippen LogP) is 3.39. The van der Waals surface area contributed by atoms with Crippen LogP contribution >= 0.6 is 0 Å². The Labute approximate surface area is 127 Å². The van der Waals surface area contributed by atoms with Gasteiger partial charge in [0.25, 0.3) is 0 Å². The van der Waals surface area contributed by atoms with Crippen LogP contribution in [0, 0.1) is 6.92 Å². The zero-order chi connectivity index (χ0) is 15.3. The second-order valence-electron chi connectivity index (χ2n) is 5.55. The van der Waals surface area contributed by atoms with Crippen LogP contribution in [0.5, 0.6) is 0 Å². The van der Waals surface area contributed by atoms with Gasteiger partial charge in [-0.1, -0.05) is 18.2 Å². The Balaban J connectivity index is 2.09. The molecule has 0 unspecified atom stereocenters. The Bertz CT molecular complexity index is 1070. The van der Waals surface area contributed by atoms with E-state index >= 15 is 0 Å². The number of pyridine rings is 1. The van der Waals surface area contributed by atoms with Crippen molar-refractivity contribution in [3.63, 3.8) is 0 Å². The Morgan fingerprint density at radius 1 is 1.14 bits per heavy atom. The second-order valence-corrected chi connectivity index (χ2v) is 5.55. The van der Waals surface area contributed by atoms with E-state index < -0.39 is 0 Å². The topological polar surface area (TPSA) is 50.7 Å². The van der Waals surface area contributed by atoms with Gasteiger partial charge < -0.3 is 4.98 Å². The van der Waals surface area contributed by atoms with Gasteiger partial charge in [-0.25, -0.2) is 4.79 Å². The van der Waals surface area contributed by atoms with Crippen molar-refractivity contribution >= 4 is 21.9 Å². The molecule has 0 spiro atoms. The summed E-state index contributed by atoms with van der Waals surface area (Å²) in [5.74, 6) is 0. The number of imidazole rings is 1. The van der Waals surface area contributed by atoms with Crippen molar-refractivity contribution in [3.8, 4) is 11.1 Å². The molecule has 4 nitrogen and oxygen atoms in total. The lowest BCUT2D eigenvalue weighted by atomic mass is 9.95. The van der Waals surface area contributed by atoms with E-state index in [-0.39, 0.29) is 5.69 Å². The normalized spacial score (nSPS) is 11.4. The van der Waals surface area contributed by atoms with Crippen LogP contribution in [0.3, 0.4) is 0 Å². The Kier molecular flexibility index (Phi) is 2.66. The van der Waals surface area contributed by atoms with Crippen LogP contribution in [0.1, 0.15) is 5.56 Å². The molecule has 22 heavy (non-hydrogen) atoms. The summed E-state index contributed by atoms with van der Waals surface area (Å²) in [5, 5.41) is 1.13. The molecule has 0 atom stereocenters. The molecule has 0 fully saturated rings. The average Bonchev–Trinajstić information content (AvgIpc) is 2.82. The van der Waals surface area contributed by atoms with E-state index in [4.69, 9.17) is 0 Å². The highest BCUT2D eigenvalue weighted by atomic mass is 16.1. The molecule has 4 rings (SSSR count). The van der Waals surface area contributed by atoms with Crippen molar-refractivity contribution in [1.82, 2.24) is 14.5 Å². The third-order valence-electron chi connectivity index (χ3n) is 4.19. The highest BCUT2D eigenvalue weighted by Gasteiger charge is 2.10. The van der Waals surface area contributed by atoms with Crippen LogP contribution in [0.2, 0.25) is 0 Å². The lowest BCUT2D eigenvalue weighted by Crippen LogP contribution is -2.11. The number of nitrogens with one attached hydrogen (secondary N) is 1. The minimum atomic E-state index is -0.0940. The number of H-pyrrole nitrogens is 1. The van der Waals surface area contributed by atoms with Crippen molar-refractivity contribution in [2.75, 3.05) is 0 Å². The first-order valence-corrected chi connectivity index (χ1v) is 7.18. The number of hydrogen-bond acceptors (Lipinski definition) is 2. The van der Waals surface area contributed by atoms with Crippen LogP contribution in [-0.2, 0) is 7.05 Å². The molecule has 0 aliphatic heterocycles. The van der Waals surface area contributed by atoms with Gasteiger partial charge in [-0.2, -0.15) is 0 Å². The van der Waals surface area contributed by atoms with Crippen molar-refractivity contribution in [3.05, 3.63) is 64.7 Å². The van der Waals surface area contributed by atoms with Gasteiger partial charge in [0.1, 0.15) is 0 Å². The Hall–Kier alpha value is -2.88. The minimum Gasteiger partial charge on any atom is -0.306 e. The summed E-state index contributed by atoms with van der Waals surface area (Å²) >= 11 is 0. The van der Waals surface area contributed by atoms with Crippen LogP contribution < -0.4 is 5.69 Å². The molecule has 4 heteroatoms. The van der Waals surface area contributed by atoms with Gasteiger partial charge in [0.05, 0.1) is 16.6 Å². The smallest absolute Gasteiger partial charge is 0.306 e. The highest BCUT2D eigenvalue weighted by Crippen LogP contribution is 2.32. The van der Waals surface area contributed by atoms with E-state index in [1.54, 1.807) is 17.8 Å². The summed E-state index contributed by atoms with van der Waals surface area (Å²) in [6, 6.07) is 14.2. The fraction of sp³-hybridized carbons (Fsp3) is 0.111. The van der Waals surface area contributed by atoms with Crippen molar-refractivity contribution in [1.29, 1.82) is 0 Å². The molecule has 0 saturated carbocycles. The lowest BCUT2D eigenvalue weighted by Gasteiger charge is -2.10. The standard InChI is InChI=1S/C18H15N3O/c1-11-5-7-14-13(4-3-9-19-14)17(11)12-6-8-15-16(10-12)21(2)18(22)20-15/h3-10H,1-2H3,(H,20,22). The highest BCUT2D eigenvalue weighted by molar-refractivity contribution is 5.98. The van der Waals surface area contributed by atoms with Crippen LogP contribution in [0.15, 0.2) is 53.5 Å². The number of benzene rings is 2. The third kappa shape index (κ3) is 1.77. The summed E-state index contributed by atoms with van der Waals surface area (Å²) in [5.41, 5.74) is 6.10. The molecule has 0 saturated heterocycles. The fourth-order valence-electron chi connectivity index (χ4n) is 3.02. The largest absolute Gasteiger partial charge is 0.326 e. The number of aromatic amines is 1. The SMILES string of the molecule is Cc1ccc2ncccc2c1-c1ccc2[nH]c(=O)n(C)c2c1. The summed E-state index contributed by atoms with van der Waals surface area (Å²) < 4.78 is 1.64. The summed E-state index contributed by atoms with van der Waals surface area (Å²) in [7, 11) is 1.78. The number of nitrogens with zero attached hydrogens (tertiary/aromatic N) is 2. The van der Waals surface area contributed by atoms with Gasteiger partial charge in [-0.15, -0.1) is 0 Å². The molecule has 0 bridgehead atoms. The molecule has 108 valence electrons. The number of rotatable bonds is 1. The molecule has 0 amide bonds. The van der Waals surface area contributed by atoms with E-state index in [2.05, 4.69) is 35.1 Å². The lowest BCUT2D eigenvalue weighted by molar-refractivity contribution is 0.892. The zero-order valence-electron chi connectivity index (χ0n) is 12.4. The molecule has 0 aliphatic rings. The Morgan fingerprint density at radius 3 is 2.86 bits per heavy atom. The van der Waals surface area contributed by atoms with E-state index in [1.807, 2.05) is 24.3 Å². The summed E-state index contributed by atoms with van der Waals surface area (Å²) in [4.78, 5) is 19.0. The van der Waals surface area contributed by atoms with Crippen LogP contribution in [0.25, 0.3) is 33.1 Å². The first-order valence-electron chi connectivity index (χ1n) is 7.18. The maximum atomic E-state index is 11.8. The fourth-order valence-corrected chi connectivity index (χ4v) is 3.02. The molecular formula is C18H15N3O. The van der Waals surface area contributed by atoms with E-state index in [9.17, 15) is 4.79 Å². The first kappa shape index (κ1) is 12.8. The summed E-state index contributed by atoms with van der Waals surface area (Å²) in [6.45, 7) is 2.10. The molecule has 2 aromatic carbocycles. The Morgan fingerprint density at radius 2 is 2.00 bits per heavy atom. The number of aryl methyl sites for hydroxylation is 2. The van der Waals surface area contributed by atoms with Crippen molar-refractivity contribution in [2.45, 2.75) is 6.92 Å². The first-order chi connectivity index (χ1) is 10.6. The zero-order valence-corrected chi connectivity index (χ0v) is 12.4. The van der Waals surface area contributed by atoms with E-state index in [0.717, 1.165) is 27.5 Å². The maximum Gasteiger partial charge on any atom is 0.326 e. The second kappa shape index (κ2) is 4.56. The number of hydrogen-bond donors (Lipinski definition) is 1. The molecule has 0 aliphatic carbocycles.